The monoisotopic (exact) mass is 881 g/mol. The van der Waals surface area contributed by atoms with Crippen LogP contribution in [-0.4, -0.2) is 24.1 Å². The van der Waals surface area contributed by atoms with Gasteiger partial charge in [-0.25, -0.2) is 4.98 Å². The molecular weight excluding hydrogens is 843 g/mol. The summed E-state index contributed by atoms with van der Waals surface area (Å²) in [7, 11) is 0. The summed E-state index contributed by atoms with van der Waals surface area (Å²) >= 11 is 0. The topological polar surface area (TPSA) is 61.7 Å². The zero-order chi connectivity index (χ0) is 45.4. The highest BCUT2D eigenvalue weighted by Crippen LogP contribution is 2.45. The molecule has 10 aromatic carbocycles. The molecule has 0 saturated carbocycles. The minimum atomic E-state index is 0.497. The third kappa shape index (κ3) is 6.16. The summed E-state index contributed by atoms with van der Waals surface area (Å²) in [5.41, 5.74) is 15.0. The van der Waals surface area contributed by atoms with Crippen molar-refractivity contribution in [1.29, 1.82) is 0 Å². The van der Waals surface area contributed by atoms with Crippen LogP contribution in [0.15, 0.2) is 241 Å². The number of furan rings is 1. The van der Waals surface area contributed by atoms with Gasteiger partial charge in [0.05, 0.1) is 16.6 Å². The molecule has 0 unspecified atom stereocenters. The van der Waals surface area contributed by atoms with Gasteiger partial charge in [-0.05, 0) is 69.8 Å². The van der Waals surface area contributed by atoms with Gasteiger partial charge >= 0.3 is 0 Å². The highest BCUT2D eigenvalue weighted by molar-refractivity contribution is 6.26. The van der Waals surface area contributed by atoms with Gasteiger partial charge in [0.2, 0.25) is 5.95 Å². The third-order valence-electron chi connectivity index (χ3n) is 13.6. The molecule has 6 heteroatoms. The van der Waals surface area contributed by atoms with Gasteiger partial charge in [-0.1, -0.05) is 200 Å². The van der Waals surface area contributed by atoms with Crippen LogP contribution in [0.2, 0.25) is 0 Å². The Morgan fingerprint density at radius 1 is 0.290 bits per heavy atom. The summed E-state index contributed by atoms with van der Waals surface area (Å²) in [6, 6.07) is 83.1. The second-order valence-corrected chi connectivity index (χ2v) is 17.5. The molecule has 4 heterocycles. The molecule has 14 aromatic rings. The Bertz CT molecular complexity index is 4200. The van der Waals surface area contributed by atoms with E-state index in [0.29, 0.717) is 17.6 Å². The zero-order valence-electron chi connectivity index (χ0n) is 37.2. The molecule has 14 rings (SSSR count). The van der Waals surface area contributed by atoms with E-state index >= 15 is 0 Å². The van der Waals surface area contributed by atoms with Crippen molar-refractivity contribution in [2.24, 2.45) is 0 Å². The van der Waals surface area contributed by atoms with Crippen molar-refractivity contribution >= 4 is 65.6 Å². The van der Waals surface area contributed by atoms with E-state index in [1.54, 1.807) is 0 Å². The van der Waals surface area contributed by atoms with Crippen molar-refractivity contribution in [1.82, 2.24) is 24.1 Å². The van der Waals surface area contributed by atoms with E-state index in [9.17, 15) is 0 Å². The lowest BCUT2D eigenvalue weighted by Crippen LogP contribution is -2.07. The number of benzene rings is 10. The van der Waals surface area contributed by atoms with Crippen molar-refractivity contribution in [3.63, 3.8) is 0 Å². The lowest BCUT2D eigenvalue weighted by Gasteiger charge is -2.15. The van der Waals surface area contributed by atoms with Crippen molar-refractivity contribution in [3.05, 3.63) is 237 Å². The first-order valence-corrected chi connectivity index (χ1v) is 23.3. The molecule has 0 spiro atoms. The molecule has 0 aliphatic carbocycles. The van der Waals surface area contributed by atoms with E-state index in [1.807, 2.05) is 12.1 Å². The molecule has 0 amide bonds. The standard InChI is InChI=1S/C63H39N5O/c1-4-19-40(20-5-1)43-25-18-26-44(39-43)67-55-33-16-14-29-47(55)49-35-37-51-52-38-36-50-48-30-15-17-34-56(48)68(58(50)60(52)69-59(51)57(49)67)63-65-61(53-31-12-10-27-45(53)41-21-6-2-7-22-41)64-62(66-63)54-32-13-11-28-46(54)42-23-8-3-9-24-42/h1-39H. The average molecular weight is 882 g/mol. The Balaban J connectivity index is 1.08. The summed E-state index contributed by atoms with van der Waals surface area (Å²) in [6.07, 6.45) is 0. The number of rotatable bonds is 7. The predicted octanol–water partition coefficient (Wildman–Crippen LogP) is 16.3. The number of hydrogen-bond acceptors (Lipinski definition) is 4. The molecule has 4 aromatic heterocycles. The first-order chi connectivity index (χ1) is 34.2. The van der Waals surface area contributed by atoms with Crippen LogP contribution >= 0.6 is 0 Å². The Hall–Kier alpha value is -9.39. The van der Waals surface area contributed by atoms with Crippen LogP contribution in [0.25, 0.3) is 133 Å². The maximum absolute atomic E-state index is 7.45. The molecule has 0 fully saturated rings. The van der Waals surface area contributed by atoms with E-state index in [2.05, 4.69) is 234 Å². The molecule has 0 bridgehead atoms. The van der Waals surface area contributed by atoms with Crippen LogP contribution in [0.4, 0.5) is 0 Å². The van der Waals surface area contributed by atoms with E-state index in [1.165, 1.54) is 5.56 Å². The quantitative estimate of drug-likeness (QED) is 0.160. The maximum Gasteiger partial charge on any atom is 0.238 e. The Morgan fingerprint density at radius 2 is 0.710 bits per heavy atom. The number of fused-ring (bicyclic) bond motifs is 11. The highest BCUT2D eigenvalue weighted by Gasteiger charge is 2.25. The maximum atomic E-state index is 7.45. The Labute approximate surface area is 396 Å². The van der Waals surface area contributed by atoms with Gasteiger partial charge in [0, 0.05) is 49.1 Å². The van der Waals surface area contributed by atoms with E-state index in [0.717, 1.165) is 110 Å². The minimum Gasteiger partial charge on any atom is -0.452 e. The number of hydrogen-bond donors (Lipinski definition) is 0. The SMILES string of the molecule is c1ccc(-c2cccc(-n3c4ccccc4c4ccc5c6ccc7c8ccccc8n(-c8nc(-c9ccccc9-c9ccccc9)nc(-c9ccccc9-c9ccccc9)n8)c7c6oc5c43)c2)cc1. The summed E-state index contributed by atoms with van der Waals surface area (Å²) < 4.78 is 12.0. The van der Waals surface area contributed by atoms with Gasteiger partial charge in [-0.3, -0.25) is 4.57 Å². The number of para-hydroxylation sites is 2. The second kappa shape index (κ2) is 15.6. The molecule has 0 radical (unpaired) electrons. The van der Waals surface area contributed by atoms with Crippen molar-refractivity contribution < 1.29 is 4.42 Å². The third-order valence-corrected chi connectivity index (χ3v) is 13.6. The van der Waals surface area contributed by atoms with Crippen LogP contribution in [0, 0.1) is 0 Å². The lowest BCUT2D eigenvalue weighted by molar-refractivity contribution is 0.673. The molecule has 0 atom stereocenters. The van der Waals surface area contributed by atoms with Gasteiger partial charge in [-0.15, -0.1) is 0 Å². The zero-order valence-corrected chi connectivity index (χ0v) is 37.2. The molecular formula is C63H39N5O. The summed E-state index contributed by atoms with van der Waals surface area (Å²) in [5.74, 6) is 1.64. The van der Waals surface area contributed by atoms with Crippen LogP contribution in [0.1, 0.15) is 0 Å². The number of aromatic nitrogens is 5. The molecule has 0 saturated heterocycles. The minimum absolute atomic E-state index is 0.497. The lowest BCUT2D eigenvalue weighted by atomic mass is 9.98. The fraction of sp³-hybridized carbons (Fsp3) is 0. The summed E-state index contributed by atoms with van der Waals surface area (Å²) in [4.78, 5) is 16.3. The molecule has 6 nitrogen and oxygen atoms in total. The van der Waals surface area contributed by atoms with Gasteiger partial charge < -0.3 is 8.98 Å². The van der Waals surface area contributed by atoms with Crippen LogP contribution in [0.3, 0.4) is 0 Å². The Kier molecular flexibility index (Phi) is 8.79. The van der Waals surface area contributed by atoms with Gasteiger partial charge in [-0.2, -0.15) is 9.97 Å². The van der Waals surface area contributed by atoms with Crippen molar-refractivity contribution in [2.75, 3.05) is 0 Å². The molecule has 69 heavy (non-hydrogen) atoms. The van der Waals surface area contributed by atoms with E-state index in [4.69, 9.17) is 19.4 Å². The normalized spacial score (nSPS) is 11.8. The smallest absolute Gasteiger partial charge is 0.238 e. The first-order valence-electron chi connectivity index (χ1n) is 23.3. The van der Waals surface area contributed by atoms with Crippen LogP contribution < -0.4 is 0 Å². The summed E-state index contributed by atoms with van der Waals surface area (Å²) in [5, 5.41) is 6.45. The van der Waals surface area contributed by atoms with Gasteiger partial charge in [0.25, 0.3) is 0 Å². The largest absolute Gasteiger partial charge is 0.452 e. The van der Waals surface area contributed by atoms with Crippen molar-refractivity contribution in [2.45, 2.75) is 0 Å². The second-order valence-electron chi connectivity index (χ2n) is 17.5. The van der Waals surface area contributed by atoms with Crippen LogP contribution in [0.5, 0.6) is 0 Å². The molecule has 0 N–H and O–H groups in total. The fourth-order valence-electron chi connectivity index (χ4n) is 10.5. The van der Waals surface area contributed by atoms with E-state index < -0.39 is 0 Å². The van der Waals surface area contributed by atoms with Crippen molar-refractivity contribution in [3.8, 4) is 67.8 Å². The van der Waals surface area contributed by atoms with Gasteiger partial charge in [0.15, 0.2) is 22.8 Å². The molecule has 0 aliphatic rings. The number of nitrogens with zero attached hydrogens (tertiary/aromatic N) is 5. The van der Waals surface area contributed by atoms with Crippen LogP contribution in [-0.2, 0) is 0 Å². The fourth-order valence-corrected chi connectivity index (χ4v) is 10.5. The molecule has 0 aliphatic heterocycles. The molecule has 322 valence electrons. The van der Waals surface area contributed by atoms with E-state index in [-0.39, 0.29) is 0 Å². The van der Waals surface area contributed by atoms with Gasteiger partial charge in [0.1, 0.15) is 5.52 Å². The highest BCUT2D eigenvalue weighted by atomic mass is 16.3. The summed E-state index contributed by atoms with van der Waals surface area (Å²) in [6.45, 7) is 0. The first kappa shape index (κ1) is 38.8. The average Bonchev–Trinajstić information content (AvgIpc) is 4.10. The predicted molar refractivity (Wildman–Crippen MR) is 283 cm³/mol. The Morgan fingerprint density at radius 3 is 1.26 bits per heavy atom.